The van der Waals surface area contributed by atoms with Crippen molar-refractivity contribution in [1.29, 1.82) is 0 Å². The van der Waals surface area contributed by atoms with Crippen LogP contribution in [0.1, 0.15) is 19.4 Å². The maximum absolute atomic E-state index is 11.0. The SMILES string of the molecule is CCSC(=CC(C)=O)c1ccccc1. The first kappa shape index (κ1) is 11.1. The quantitative estimate of drug-likeness (QED) is 0.703. The Bertz CT molecular complexity index is 327. The first-order valence-electron chi connectivity index (χ1n) is 4.64. The van der Waals surface area contributed by atoms with Gasteiger partial charge >= 0.3 is 0 Å². The van der Waals surface area contributed by atoms with E-state index in [0.29, 0.717) is 0 Å². The summed E-state index contributed by atoms with van der Waals surface area (Å²) < 4.78 is 0. The molecule has 0 fully saturated rings. The number of ketones is 1. The van der Waals surface area contributed by atoms with Crippen LogP contribution in [0.25, 0.3) is 4.91 Å². The largest absolute Gasteiger partial charge is 0.295 e. The minimum atomic E-state index is 0.102. The zero-order chi connectivity index (χ0) is 10.4. The molecule has 0 spiro atoms. The lowest BCUT2D eigenvalue weighted by Crippen LogP contribution is -1.87. The summed E-state index contributed by atoms with van der Waals surface area (Å²) in [6.07, 6.45) is 1.70. The van der Waals surface area contributed by atoms with E-state index in [1.54, 1.807) is 24.8 Å². The van der Waals surface area contributed by atoms with Crippen molar-refractivity contribution >= 4 is 22.5 Å². The monoisotopic (exact) mass is 206 g/mol. The molecule has 0 atom stereocenters. The second kappa shape index (κ2) is 5.66. The Hall–Kier alpha value is -1.02. The van der Waals surface area contributed by atoms with Gasteiger partial charge in [-0.25, -0.2) is 0 Å². The van der Waals surface area contributed by atoms with E-state index in [1.807, 2.05) is 30.3 Å². The summed E-state index contributed by atoms with van der Waals surface area (Å²) in [4.78, 5) is 12.1. The Labute approximate surface area is 89.2 Å². The molecule has 0 aliphatic carbocycles. The van der Waals surface area contributed by atoms with Crippen LogP contribution in [0.3, 0.4) is 0 Å². The molecular weight excluding hydrogens is 192 g/mol. The molecule has 0 amide bonds. The molecule has 1 nitrogen and oxygen atoms in total. The highest BCUT2D eigenvalue weighted by Crippen LogP contribution is 2.26. The van der Waals surface area contributed by atoms with Crippen LogP contribution >= 0.6 is 11.8 Å². The number of carbonyl (C=O) groups excluding carboxylic acids is 1. The maximum atomic E-state index is 11.0. The van der Waals surface area contributed by atoms with Crippen molar-refractivity contribution in [2.45, 2.75) is 13.8 Å². The number of benzene rings is 1. The van der Waals surface area contributed by atoms with Crippen molar-refractivity contribution in [3.8, 4) is 0 Å². The van der Waals surface area contributed by atoms with Crippen molar-refractivity contribution < 1.29 is 4.79 Å². The third-order valence-electron chi connectivity index (χ3n) is 1.69. The summed E-state index contributed by atoms with van der Waals surface area (Å²) in [5.41, 5.74) is 1.12. The van der Waals surface area contributed by atoms with E-state index in [9.17, 15) is 4.79 Å². The van der Waals surface area contributed by atoms with Gasteiger partial charge in [0.1, 0.15) is 0 Å². The predicted octanol–water partition coefficient (Wildman–Crippen LogP) is 3.37. The van der Waals surface area contributed by atoms with Gasteiger partial charge in [0.2, 0.25) is 0 Å². The van der Waals surface area contributed by atoms with Crippen LogP contribution in [-0.2, 0) is 4.79 Å². The maximum Gasteiger partial charge on any atom is 0.153 e. The van der Waals surface area contributed by atoms with E-state index < -0.39 is 0 Å². The number of rotatable bonds is 4. The Morgan fingerprint density at radius 3 is 2.50 bits per heavy atom. The summed E-state index contributed by atoms with van der Waals surface area (Å²) >= 11 is 1.70. The van der Waals surface area contributed by atoms with Crippen LogP contribution < -0.4 is 0 Å². The number of hydrogen-bond donors (Lipinski definition) is 0. The lowest BCUT2D eigenvalue weighted by Gasteiger charge is -2.04. The van der Waals surface area contributed by atoms with Gasteiger partial charge in [0.05, 0.1) is 0 Å². The minimum Gasteiger partial charge on any atom is -0.295 e. The van der Waals surface area contributed by atoms with Crippen LogP contribution in [0.15, 0.2) is 36.4 Å². The first-order valence-corrected chi connectivity index (χ1v) is 5.63. The molecule has 0 unspecified atom stereocenters. The average Bonchev–Trinajstić information content (AvgIpc) is 2.18. The van der Waals surface area contributed by atoms with E-state index in [4.69, 9.17) is 0 Å². The highest BCUT2D eigenvalue weighted by molar-refractivity contribution is 8.08. The van der Waals surface area contributed by atoms with Crippen molar-refractivity contribution in [3.05, 3.63) is 42.0 Å². The highest BCUT2D eigenvalue weighted by atomic mass is 32.2. The third-order valence-corrected chi connectivity index (χ3v) is 2.65. The standard InChI is InChI=1S/C12H14OS/c1-3-14-12(9-10(2)13)11-7-5-4-6-8-11/h4-9H,3H2,1-2H3. The summed E-state index contributed by atoms with van der Waals surface area (Å²) in [5.74, 6) is 1.08. The third kappa shape index (κ3) is 3.38. The first-order chi connectivity index (χ1) is 6.74. The summed E-state index contributed by atoms with van der Waals surface area (Å²) in [7, 11) is 0. The molecule has 0 N–H and O–H groups in total. The van der Waals surface area contributed by atoms with Crippen LogP contribution in [0, 0.1) is 0 Å². The van der Waals surface area contributed by atoms with Crippen molar-refractivity contribution in [2.24, 2.45) is 0 Å². The second-order valence-corrected chi connectivity index (χ2v) is 4.22. The topological polar surface area (TPSA) is 17.1 Å². The number of carbonyl (C=O) groups is 1. The van der Waals surface area contributed by atoms with E-state index >= 15 is 0 Å². The van der Waals surface area contributed by atoms with Gasteiger partial charge in [-0.1, -0.05) is 37.3 Å². The van der Waals surface area contributed by atoms with Crippen LogP contribution in [0.4, 0.5) is 0 Å². The van der Waals surface area contributed by atoms with Gasteiger partial charge in [-0.15, -0.1) is 11.8 Å². The molecule has 1 aromatic carbocycles. The molecule has 0 heterocycles. The molecule has 14 heavy (non-hydrogen) atoms. The highest BCUT2D eigenvalue weighted by Gasteiger charge is 2.01. The molecule has 1 aromatic rings. The van der Waals surface area contributed by atoms with Crippen LogP contribution in [-0.4, -0.2) is 11.5 Å². The number of allylic oxidation sites excluding steroid dienone is 1. The smallest absolute Gasteiger partial charge is 0.153 e. The van der Waals surface area contributed by atoms with E-state index in [0.717, 1.165) is 16.2 Å². The fourth-order valence-electron chi connectivity index (χ4n) is 1.15. The molecule has 0 saturated carbocycles. The summed E-state index contributed by atoms with van der Waals surface area (Å²) in [6.45, 7) is 3.67. The average molecular weight is 206 g/mol. The predicted molar refractivity (Wildman–Crippen MR) is 63.2 cm³/mol. The van der Waals surface area contributed by atoms with Gasteiger partial charge in [-0.05, 0) is 24.3 Å². The van der Waals surface area contributed by atoms with Gasteiger partial charge in [0.25, 0.3) is 0 Å². The molecule has 0 aliphatic rings. The van der Waals surface area contributed by atoms with Gasteiger partial charge in [0, 0.05) is 4.91 Å². The van der Waals surface area contributed by atoms with Gasteiger partial charge in [-0.3, -0.25) is 4.79 Å². The van der Waals surface area contributed by atoms with Crippen molar-refractivity contribution in [1.82, 2.24) is 0 Å². The Balaban J connectivity index is 2.94. The van der Waals surface area contributed by atoms with E-state index in [1.165, 1.54) is 0 Å². The molecule has 74 valence electrons. The van der Waals surface area contributed by atoms with Crippen LogP contribution in [0.2, 0.25) is 0 Å². The summed E-state index contributed by atoms with van der Waals surface area (Å²) in [5, 5.41) is 0. The van der Waals surface area contributed by atoms with Crippen LogP contribution in [0.5, 0.6) is 0 Å². The van der Waals surface area contributed by atoms with Crippen molar-refractivity contribution in [3.63, 3.8) is 0 Å². The molecule has 0 saturated heterocycles. The molecule has 0 bridgehead atoms. The normalized spacial score (nSPS) is 11.4. The lowest BCUT2D eigenvalue weighted by molar-refractivity contribution is -0.112. The fourth-order valence-corrected chi connectivity index (χ4v) is 2.01. The van der Waals surface area contributed by atoms with Crippen molar-refractivity contribution in [2.75, 3.05) is 5.75 Å². The molecule has 2 heteroatoms. The summed E-state index contributed by atoms with van der Waals surface area (Å²) in [6, 6.07) is 10.00. The Morgan fingerprint density at radius 2 is 2.00 bits per heavy atom. The molecule has 0 aromatic heterocycles. The van der Waals surface area contributed by atoms with Gasteiger partial charge in [-0.2, -0.15) is 0 Å². The molecule has 0 radical (unpaired) electrons. The van der Waals surface area contributed by atoms with E-state index in [2.05, 4.69) is 6.92 Å². The van der Waals surface area contributed by atoms with Gasteiger partial charge < -0.3 is 0 Å². The Kier molecular flexibility index (Phi) is 4.47. The number of hydrogen-bond acceptors (Lipinski definition) is 2. The molecule has 0 aliphatic heterocycles. The minimum absolute atomic E-state index is 0.102. The number of thioether (sulfide) groups is 1. The van der Waals surface area contributed by atoms with Gasteiger partial charge in [0.15, 0.2) is 5.78 Å². The molecule has 1 rings (SSSR count). The second-order valence-electron chi connectivity index (χ2n) is 2.92. The molecular formula is C12H14OS. The fraction of sp³-hybridized carbons (Fsp3) is 0.250. The Morgan fingerprint density at radius 1 is 1.36 bits per heavy atom. The zero-order valence-electron chi connectivity index (χ0n) is 8.49. The zero-order valence-corrected chi connectivity index (χ0v) is 9.30. The lowest BCUT2D eigenvalue weighted by atomic mass is 10.2. The van der Waals surface area contributed by atoms with E-state index in [-0.39, 0.29) is 5.78 Å².